The molecule has 0 fully saturated rings. The van der Waals surface area contributed by atoms with E-state index in [-0.39, 0.29) is 11.8 Å². The van der Waals surface area contributed by atoms with Crippen molar-refractivity contribution in [2.75, 3.05) is 7.05 Å². The summed E-state index contributed by atoms with van der Waals surface area (Å²) in [6.45, 7) is 9.49. The van der Waals surface area contributed by atoms with Crippen molar-refractivity contribution in [3.05, 3.63) is 11.4 Å². The molecule has 0 aromatic heterocycles. The Kier molecular flexibility index (Phi) is 9.25. The zero-order valence-corrected chi connectivity index (χ0v) is 11.1. The Morgan fingerprint density at radius 3 is 2.00 bits per heavy atom. The second-order valence-corrected chi connectivity index (χ2v) is 3.31. The Hall–Kier alpha value is -1.52. The van der Waals surface area contributed by atoms with E-state index in [1.807, 2.05) is 27.7 Å². The summed E-state index contributed by atoms with van der Waals surface area (Å²) in [5.41, 5.74) is 6.26. The highest BCUT2D eigenvalue weighted by Gasteiger charge is 2.15. The molecule has 0 rings (SSSR count). The number of hydrogen-bond acceptors (Lipinski definition) is 4. The molecule has 0 heterocycles. The van der Waals surface area contributed by atoms with Crippen LogP contribution < -0.4 is 16.4 Å². The molecule has 94 valence electrons. The molecular formula is C11H24N4O. The lowest BCUT2D eigenvalue weighted by Crippen LogP contribution is -2.37. The molecule has 0 aliphatic carbocycles. The lowest BCUT2D eigenvalue weighted by atomic mass is 10.2. The first kappa shape index (κ1) is 16.9. The average Bonchev–Trinajstić information content (AvgIpc) is 2.26. The van der Waals surface area contributed by atoms with Crippen LogP contribution >= 0.6 is 0 Å². The van der Waals surface area contributed by atoms with Gasteiger partial charge in [-0.2, -0.15) is 0 Å². The summed E-state index contributed by atoms with van der Waals surface area (Å²) in [7, 11) is 1.48. The second kappa shape index (κ2) is 8.76. The van der Waals surface area contributed by atoms with Crippen LogP contribution in [0.2, 0.25) is 0 Å². The monoisotopic (exact) mass is 228 g/mol. The molecule has 0 unspecified atom stereocenters. The van der Waals surface area contributed by atoms with Gasteiger partial charge in [0, 0.05) is 18.8 Å². The average molecular weight is 228 g/mol. The first-order valence-corrected chi connectivity index (χ1v) is 5.44. The van der Waals surface area contributed by atoms with E-state index in [0.717, 1.165) is 0 Å². The number of carbonyl (C=O) groups is 1. The summed E-state index contributed by atoms with van der Waals surface area (Å²) in [4.78, 5) is 11.2. The van der Waals surface area contributed by atoms with Gasteiger partial charge in [0.1, 0.15) is 5.71 Å². The molecular weight excluding hydrogens is 204 g/mol. The van der Waals surface area contributed by atoms with E-state index < -0.39 is 5.91 Å². The minimum Gasteiger partial charge on any atom is -0.401 e. The van der Waals surface area contributed by atoms with Crippen LogP contribution in [-0.4, -0.2) is 24.7 Å². The van der Waals surface area contributed by atoms with Gasteiger partial charge in [-0.15, -0.1) is 0 Å². The van der Waals surface area contributed by atoms with E-state index in [4.69, 9.17) is 11.1 Å². The SMILES string of the molecule is CC.CNC(=O)C(=N)/C(NC(C)C)=C(/C)N. The molecule has 5 heteroatoms. The van der Waals surface area contributed by atoms with Crippen molar-refractivity contribution in [3.63, 3.8) is 0 Å². The van der Waals surface area contributed by atoms with Crippen molar-refractivity contribution in [2.24, 2.45) is 5.73 Å². The van der Waals surface area contributed by atoms with E-state index in [1.54, 1.807) is 6.92 Å². The lowest BCUT2D eigenvalue weighted by Gasteiger charge is -2.15. The zero-order valence-electron chi connectivity index (χ0n) is 11.1. The van der Waals surface area contributed by atoms with Gasteiger partial charge in [-0.1, -0.05) is 13.8 Å². The van der Waals surface area contributed by atoms with E-state index in [1.165, 1.54) is 7.05 Å². The topological polar surface area (TPSA) is 91.0 Å². The molecule has 5 nitrogen and oxygen atoms in total. The van der Waals surface area contributed by atoms with Gasteiger partial charge in [0.05, 0.1) is 5.70 Å². The number of carbonyl (C=O) groups excluding carboxylic acids is 1. The van der Waals surface area contributed by atoms with E-state index in [2.05, 4.69) is 10.6 Å². The maximum Gasteiger partial charge on any atom is 0.271 e. The van der Waals surface area contributed by atoms with Crippen molar-refractivity contribution in [1.29, 1.82) is 5.41 Å². The van der Waals surface area contributed by atoms with Gasteiger partial charge in [0.2, 0.25) is 0 Å². The summed E-state index contributed by atoms with van der Waals surface area (Å²) in [5.74, 6) is -0.446. The Labute approximate surface area is 98.0 Å². The Morgan fingerprint density at radius 2 is 1.75 bits per heavy atom. The molecule has 0 aromatic carbocycles. The second-order valence-electron chi connectivity index (χ2n) is 3.31. The van der Waals surface area contributed by atoms with Crippen LogP contribution in [0.4, 0.5) is 0 Å². The number of allylic oxidation sites excluding steroid dienone is 1. The predicted octanol–water partition coefficient (Wildman–Crippen LogP) is 0.967. The number of nitrogens with one attached hydrogen (secondary N) is 3. The quantitative estimate of drug-likeness (QED) is 0.540. The zero-order chi connectivity index (χ0) is 13.3. The molecule has 16 heavy (non-hydrogen) atoms. The van der Waals surface area contributed by atoms with Gasteiger partial charge in [-0.05, 0) is 20.8 Å². The summed E-state index contributed by atoms with van der Waals surface area (Å²) in [5, 5.41) is 12.9. The van der Waals surface area contributed by atoms with Crippen molar-refractivity contribution in [1.82, 2.24) is 10.6 Å². The van der Waals surface area contributed by atoms with Crippen LogP contribution in [0.5, 0.6) is 0 Å². The molecule has 0 radical (unpaired) electrons. The molecule has 0 bridgehead atoms. The fourth-order valence-corrected chi connectivity index (χ4v) is 0.910. The molecule has 0 spiro atoms. The van der Waals surface area contributed by atoms with Crippen LogP contribution in [-0.2, 0) is 4.79 Å². The van der Waals surface area contributed by atoms with Gasteiger partial charge < -0.3 is 16.4 Å². The Balaban J connectivity index is 0. The predicted molar refractivity (Wildman–Crippen MR) is 68.3 cm³/mol. The number of hydrogen-bond donors (Lipinski definition) is 4. The highest BCUT2D eigenvalue weighted by molar-refractivity contribution is 6.43. The molecule has 5 N–H and O–H groups in total. The molecule has 1 amide bonds. The van der Waals surface area contributed by atoms with E-state index >= 15 is 0 Å². The van der Waals surface area contributed by atoms with Crippen molar-refractivity contribution in [3.8, 4) is 0 Å². The first-order chi connectivity index (χ1) is 7.40. The minimum atomic E-state index is -0.446. The van der Waals surface area contributed by atoms with Crippen LogP contribution in [0.3, 0.4) is 0 Å². The van der Waals surface area contributed by atoms with Crippen LogP contribution in [0.25, 0.3) is 0 Å². The maximum absolute atomic E-state index is 11.2. The maximum atomic E-state index is 11.2. The lowest BCUT2D eigenvalue weighted by molar-refractivity contribution is -0.114. The van der Waals surface area contributed by atoms with Crippen LogP contribution in [0, 0.1) is 5.41 Å². The highest BCUT2D eigenvalue weighted by atomic mass is 16.1. The van der Waals surface area contributed by atoms with Crippen molar-refractivity contribution < 1.29 is 4.79 Å². The molecule has 0 aromatic rings. The minimum absolute atomic E-state index is 0.133. The molecule has 0 aliphatic heterocycles. The normalized spacial score (nSPS) is 10.9. The smallest absolute Gasteiger partial charge is 0.271 e. The largest absolute Gasteiger partial charge is 0.401 e. The van der Waals surface area contributed by atoms with E-state index in [9.17, 15) is 4.79 Å². The third-order valence-electron chi connectivity index (χ3n) is 1.53. The molecule has 0 saturated heterocycles. The van der Waals surface area contributed by atoms with Gasteiger partial charge in [-0.25, -0.2) is 0 Å². The summed E-state index contributed by atoms with van der Waals surface area (Å²) >= 11 is 0. The van der Waals surface area contributed by atoms with Gasteiger partial charge in [0.15, 0.2) is 0 Å². The third-order valence-corrected chi connectivity index (χ3v) is 1.53. The summed E-state index contributed by atoms with van der Waals surface area (Å²) in [6.07, 6.45) is 0. The molecule has 0 atom stereocenters. The van der Waals surface area contributed by atoms with Gasteiger partial charge in [-0.3, -0.25) is 10.2 Å². The van der Waals surface area contributed by atoms with Crippen LogP contribution in [0.1, 0.15) is 34.6 Å². The fraction of sp³-hybridized carbons (Fsp3) is 0.636. The van der Waals surface area contributed by atoms with Crippen molar-refractivity contribution >= 4 is 11.6 Å². The van der Waals surface area contributed by atoms with Crippen molar-refractivity contribution in [2.45, 2.75) is 40.7 Å². The molecule has 0 saturated carbocycles. The van der Waals surface area contributed by atoms with Gasteiger partial charge >= 0.3 is 0 Å². The summed E-state index contributed by atoms with van der Waals surface area (Å²) < 4.78 is 0. The number of amides is 1. The third kappa shape index (κ3) is 6.06. The number of rotatable bonds is 4. The van der Waals surface area contributed by atoms with Crippen LogP contribution in [0.15, 0.2) is 11.4 Å². The number of nitrogens with two attached hydrogens (primary N) is 1. The Bertz CT molecular complexity index is 265. The standard InChI is InChI=1S/C9H18N4O.C2H6/c1-5(2)13-8(6(3)10)7(11)9(14)12-4;1-2/h5,11,13H,10H2,1-4H3,(H,12,14);1-2H3/b8-6+,11-7?;. The summed E-state index contributed by atoms with van der Waals surface area (Å²) in [6, 6.07) is 0.133. The fourth-order valence-electron chi connectivity index (χ4n) is 0.910. The van der Waals surface area contributed by atoms with E-state index in [0.29, 0.717) is 11.4 Å². The highest BCUT2D eigenvalue weighted by Crippen LogP contribution is 1.99. The Morgan fingerprint density at radius 1 is 1.31 bits per heavy atom. The van der Waals surface area contributed by atoms with Gasteiger partial charge in [0.25, 0.3) is 5.91 Å². The molecule has 0 aliphatic rings. The first-order valence-electron chi connectivity index (χ1n) is 5.44.